The van der Waals surface area contributed by atoms with E-state index in [2.05, 4.69) is 12.2 Å². The van der Waals surface area contributed by atoms with Gasteiger partial charge in [0.2, 0.25) is 6.29 Å². The van der Waals surface area contributed by atoms with Gasteiger partial charge in [0.25, 0.3) is 0 Å². The molecule has 0 saturated carbocycles. The van der Waals surface area contributed by atoms with Gasteiger partial charge in [-0.05, 0) is 44.3 Å². The zero-order chi connectivity index (χ0) is 12.3. The van der Waals surface area contributed by atoms with Crippen molar-refractivity contribution >= 4 is 6.29 Å². The van der Waals surface area contributed by atoms with Crippen molar-refractivity contribution in [3.05, 3.63) is 35.4 Å². The zero-order valence-corrected chi connectivity index (χ0v) is 10.7. The summed E-state index contributed by atoms with van der Waals surface area (Å²) in [5.74, 6) is 0. The number of hydrogen-bond acceptors (Lipinski definition) is 2. The van der Waals surface area contributed by atoms with Crippen molar-refractivity contribution in [2.45, 2.75) is 39.0 Å². The largest absolute Gasteiger partial charge is 0.317 e. The summed E-state index contributed by atoms with van der Waals surface area (Å²) in [6.45, 7) is 4.46. The van der Waals surface area contributed by atoms with Gasteiger partial charge in [-0.2, -0.15) is 0 Å². The minimum atomic E-state index is 0.634. The fourth-order valence-electron chi connectivity index (χ4n) is 1.75. The van der Waals surface area contributed by atoms with E-state index in [0.29, 0.717) is 5.56 Å². The summed E-state index contributed by atoms with van der Waals surface area (Å²) in [6.07, 6.45) is 7.92. The van der Waals surface area contributed by atoms with Crippen LogP contribution in [0.4, 0.5) is 0 Å². The highest BCUT2D eigenvalue weighted by Gasteiger charge is 1.95. The molecule has 1 rings (SSSR count). The van der Waals surface area contributed by atoms with E-state index in [1.807, 2.05) is 30.6 Å². The zero-order valence-electron chi connectivity index (χ0n) is 10.7. The molecule has 93 valence electrons. The molecule has 0 aliphatic heterocycles. The van der Waals surface area contributed by atoms with Gasteiger partial charge in [-0.1, -0.05) is 37.6 Å². The first-order valence-electron chi connectivity index (χ1n) is 6.54. The summed E-state index contributed by atoms with van der Waals surface area (Å²) >= 11 is 0. The first-order valence-corrected chi connectivity index (χ1v) is 6.54. The molecule has 1 aromatic carbocycles. The van der Waals surface area contributed by atoms with E-state index in [9.17, 15) is 4.79 Å². The van der Waals surface area contributed by atoms with E-state index >= 15 is 0 Å². The van der Waals surface area contributed by atoms with E-state index in [0.717, 1.165) is 19.5 Å². The minimum Gasteiger partial charge on any atom is -0.317 e. The molecule has 1 N–H and O–H groups in total. The Morgan fingerprint density at radius 2 is 1.76 bits per heavy atom. The van der Waals surface area contributed by atoms with Crippen LogP contribution in [0.5, 0.6) is 0 Å². The lowest BCUT2D eigenvalue weighted by Crippen LogP contribution is -2.16. The van der Waals surface area contributed by atoms with E-state index in [1.54, 1.807) is 0 Å². The average Bonchev–Trinajstić information content (AvgIpc) is 2.38. The second kappa shape index (κ2) is 8.94. The third-order valence-electron chi connectivity index (χ3n) is 2.85. The molecule has 0 fully saturated rings. The molecule has 0 unspecified atom stereocenters. The van der Waals surface area contributed by atoms with Gasteiger partial charge >= 0.3 is 0 Å². The molecular formula is C15H22NO. The normalized spacial score (nSPS) is 10.4. The van der Waals surface area contributed by atoms with Crippen molar-refractivity contribution in [1.29, 1.82) is 0 Å². The highest BCUT2D eigenvalue weighted by atomic mass is 16.1. The van der Waals surface area contributed by atoms with Crippen molar-refractivity contribution in [1.82, 2.24) is 5.32 Å². The molecule has 0 spiro atoms. The standard InChI is InChI=1S/C15H22NO/c1-2-3-11-16-12-5-4-6-14-7-9-15(13-17)10-8-14/h7-10,16H,2-6,11-12H2,1H3. The van der Waals surface area contributed by atoms with Crippen molar-refractivity contribution in [2.24, 2.45) is 0 Å². The Morgan fingerprint density at radius 3 is 2.41 bits per heavy atom. The lowest BCUT2D eigenvalue weighted by molar-refractivity contribution is 0.562. The highest BCUT2D eigenvalue weighted by Crippen LogP contribution is 2.06. The molecule has 2 nitrogen and oxygen atoms in total. The van der Waals surface area contributed by atoms with Crippen LogP contribution in [-0.2, 0) is 11.2 Å². The number of unbranched alkanes of at least 4 members (excludes halogenated alkanes) is 2. The van der Waals surface area contributed by atoms with Crippen LogP contribution in [0, 0.1) is 0 Å². The van der Waals surface area contributed by atoms with Gasteiger partial charge in [-0.25, -0.2) is 0 Å². The molecule has 1 radical (unpaired) electrons. The van der Waals surface area contributed by atoms with Crippen molar-refractivity contribution < 1.29 is 4.79 Å². The number of rotatable bonds is 9. The van der Waals surface area contributed by atoms with Crippen molar-refractivity contribution in [2.75, 3.05) is 13.1 Å². The Labute approximate surface area is 104 Å². The van der Waals surface area contributed by atoms with E-state index in [4.69, 9.17) is 0 Å². The van der Waals surface area contributed by atoms with Gasteiger partial charge < -0.3 is 5.32 Å². The van der Waals surface area contributed by atoms with Gasteiger partial charge in [-0.15, -0.1) is 0 Å². The highest BCUT2D eigenvalue weighted by molar-refractivity contribution is 5.75. The van der Waals surface area contributed by atoms with E-state index in [1.165, 1.54) is 31.2 Å². The lowest BCUT2D eigenvalue weighted by atomic mass is 10.1. The molecule has 17 heavy (non-hydrogen) atoms. The molecule has 0 heterocycles. The van der Waals surface area contributed by atoms with Crippen LogP contribution in [0.25, 0.3) is 0 Å². The van der Waals surface area contributed by atoms with Crippen LogP contribution in [0.1, 0.15) is 43.7 Å². The van der Waals surface area contributed by atoms with Gasteiger partial charge in [0.05, 0.1) is 0 Å². The van der Waals surface area contributed by atoms with Gasteiger partial charge in [0, 0.05) is 5.56 Å². The Balaban J connectivity index is 2.07. The van der Waals surface area contributed by atoms with Gasteiger partial charge in [-0.3, -0.25) is 4.79 Å². The summed E-state index contributed by atoms with van der Waals surface area (Å²) < 4.78 is 0. The van der Waals surface area contributed by atoms with Gasteiger partial charge in [0.15, 0.2) is 0 Å². The van der Waals surface area contributed by atoms with E-state index < -0.39 is 0 Å². The summed E-state index contributed by atoms with van der Waals surface area (Å²) in [4.78, 5) is 10.4. The maximum atomic E-state index is 10.4. The van der Waals surface area contributed by atoms with Crippen LogP contribution >= 0.6 is 0 Å². The van der Waals surface area contributed by atoms with Crippen LogP contribution in [0.2, 0.25) is 0 Å². The molecule has 1 aromatic rings. The summed E-state index contributed by atoms with van der Waals surface area (Å²) in [6, 6.07) is 7.71. The van der Waals surface area contributed by atoms with Crippen LogP contribution in [0.3, 0.4) is 0 Å². The fraction of sp³-hybridized carbons (Fsp3) is 0.533. The quantitative estimate of drug-likeness (QED) is 0.663. The number of aryl methyl sites for hydroxylation is 1. The maximum absolute atomic E-state index is 10.4. The van der Waals surface area contributed by atoms with Crippen LogP contribution in [0.15, 0.2) is 24.3 Å². The average molecular weight is 232 g/mol. The molecule has 0 aromatic heterocycles. The molecule has 0 aliphatic carbocycles. The molecule has 2 heteroatoms. The summed E-state index contributed by atoms with van der Waals surface area (Å²) in [7, 11) is 0. The van der Waals surface area contributed by atoms with Crippen LogP contribution < -0.4 is 5.32 Å². The smallest absolute Gasteiger partial charge is 0.233 e. The third-order valence-corrected chi connectivity index (χ3v) is 2.85. The Kier molecular flexibility index (Phi) is 7.32. The molecule has 0 atom stereocenters. The molecule has 0 bridgehead atoms. The number of carbonyl (C=O) groups excluding carboxylic acids is 1. The maximum Gasteiger partial charge on any atom is 0.233 e. The predicted molar refractivity (Wildman–Crippen MR) is 72.0 cm³/mol. The lowest BCUT2D eigenvalue weighted by Gasteiger charge is -2.04. The SMILES string of the molecule is CCCCNCCCCc1ccc([C]=O)cc1. The molecule has 0 aliphatic rings. The Bertz CT molecular complexity index is 305. The van der Waals surface area contributed by atoms with Crippen molar-refractivity contribution in [3.8, 4) is 0 Å². The first kappa shape index (κ1) is 13.9. The Morgan fingerprint density at radius 1 is 1.06 bits per heavy atom. The number of benzene rings is 1. The number of hydrogen-bond donors (Lipinski definition) is 1. The molecule has 0 amide bonds. The molecule has 0 saturated heterocycles. The predicted octanol–water partition coefficient (Wildman–Crippen LogP) is 2.86. The van der Waals surface area contributed by atoms with Gasteiger partial charge in [0.1, 0.15) is 0 Å². The summed E-state index contributed by atoms with van der Waals surface area (Å²) in [5, 5.41) is 3.44. The van der Waals surface area contributed by atoms with Crippen molar-refractivity contribution in [3.63, 3.8) is 0 Å². The van der Waals surface area contributed by atoms with E-state index in [-0.39, 0.29) is 0 Å². The first-order chi connectivity index (χ1) is 8.36. The minimum absolute atomic E-state index is 0.634. The monoisotopic (exact) mass is 232 g/mol. The topological polar surface area (TPSA) is 29.1 Å². The number of nitrogens with one attached hydrogen (secondary N) is 1. The molecular weight excluding hydrogens is 210 g/mol. The third kappa shape index (κ3) is 6.22. The summed E-state index contributed by atoms with van der Waals surface area (Å²) in [5.41, 5.74) is 1.94. The second-order valence-electron chi connectivity index (χ2n) is 4.36. The van der Waals surface area contributed by atoms with Crippen LogP contribution in [-0.4, -0.2) is 19.4 Å². The fourth-order valence-corrected chi connectivity index (χ4v) is 1.75. The second-order valence-corrected chi connectivity index (χ2v) is 4.36. The Hall–Kier alpha value is -1.15.